The molecule has 1 amide bonds. The third-order valence-corrected chi connectivity index (χ3v) is 2.90. The molecule has 1 rings (SSSR count). The van der Waals surface area contributed by atoms with Crippen LogP contribution in [0.2, 0.25) is 0 Å². The van der Waals surface area contributed by atoms with Crippen LogP contribution < -0.4 is 15.5 Å². The van der Waals surface area contributed by atoms with Crippen LogP contribution in [0.1, 0.15) is 24.7 Å². The van der Waals surface area contributed by atoms with Gasteiger partial charge in [0.05, 0.1) is 6.54 Å². The van der Waals surface area contributed by atoms with Crippen molar-refractivity contribution >= 4 is 17.5 Å². The molecule has 1 heterocycles. The Labute approximate surface area is 114 Å². The van der Waals surface area contributed by atoms with Crippen molar-refractivity contribution in [3.05, 3.63) is 11.4 Å². The number of amides is 1. The van der Waals surface area contributed by atoms with E-state index < -0.39 is 0 Å². The van der Waals surface area contributed by atoms with E-state index in [1.54, 1.807) is 7.05 Å². The van der Waals surface area contributed by atoms with Gasteiger partial charge in [0, 0.05) is 33.1 Å². The molecule has 0 spiro atoms. The molecule has 1 aromatic heterocycles. The Bertz CT molecular complexity index is 447. The summed E-state index contributed by atoms with van der Waals surface area (Å²) in [6.07, 6.45) is 1.82. The van der Waals surface area contributed by atoms with Gasteiger partial charge in [-0.1, -0.05) is 6.92 Å². The van der Waals surface area contributed by atoms with Crippen molar-refractivity contribution in [2.24, 2.45) is 0 Å². The van der Waals surface area contributed by atoms with Gasteiger partial charge in [0.1, 0.15) is 17.5 Å². The molecule has 0 aromatic carbocycles. The first-order valence-electron chi connectivity index (χ1n) is 6.50. The summed E-state index contributed by atoms with van der Waals surface area (Å²) < 4.78 is 0. The van der Waals surface area contributed by atoms with Crippen LogP contribution in [-0.4, -0.2) is 43.6 Å². The summed E-state index contributed by atoms with van der Waals surface area (Å²) in [4.78, 5) is 22.3. The van der Waals surface area contributed by atoms with Crippen molar-refractivity contribution in [2.45, 2.75) is 26.7 Å². The lowest BCUT2D eigenvalue weighted by Crippen LogP contribution is -2.34. The normalized spacial score (nSPS) is 10.2. The van der Waals surface area contributed by atoms with Crippen LogP contribution in [0.25, 0.3) is 0 Å². The molecule has 0 saturated carbocycles. The summed E-state index contributed by atoms with van der Waals surface area (Å²) in [6, 6.07) is 0. The molecular weight excluding hydrogens is 242 g/mol. The predicted molar refractivity (Wildman–Crippen MR) is 77.6 cm³/mol. The number of aryl methyl sites for hydroxylation is 1. The zero-order valence-corrected chi connectivity index (χ0v) is 12.4. The number of likely N-dealkylation sites (N-methyl/N-ethyl adjacent to an activating group) is 2. The van der Waals surface area contributed by atoms with E-state index in [1.807, 2.05) is 25.9 Å². The Kier molecular flexibility index (Phi) is 5.54. The predicted octanol–water partition coefficient (Wildman–Crippen LogP) is 0.961. The molecule has 6 nitrogen and oxygen atoms in total. The van der Waals surface area contributed by atoms with E-state index in [0.717, 1.165) is 35.9 Å². The number of hydrogen-bond acceptors (Lipinski definition) is 5. The summed E-state index contributed by atoms with van der Waals surface area (Å²) >= 11 is 0. The van der Waals surface area contributed by atoms with Crippen LogP contribution in [0, 0.1) is 6.92 Å². The lowest BCUT2D eigenvalue weighted by Gasteiger charge is -2.21. The lowest BCUT2D eigenvalue weighted by atomic mass is 10.2. The van der Waals surface area contributed by atoms with E-state index in [9.17, 15) is 4.79 Å². The number of nitrogens with one attached hydrogen (secondary N) is 2. The van der Waals surface area contributed by atoms with Gasteiger partial charge >= 0.3 is 0 Å². The van der Waals surface area contributed by atoms with Crippen molar-refractivity contribution in [3.63, 3.8) is 0 Å². The quantitative estimate of drug-likeness (QED) is 0.802. The minimum atomic E-state index is -0.0384. The summed E-state index contributed by atoms with van der Waals surface area (Å²) in [5.41, 5.74) is 0.953. The Hall–Kier alpha value is -1.85. The van der Waals surface area contributed by atoms with E-state index in [1.165, 1.54) is 0 Å². The highest BCUT2D eigenvalue weighted by atomic mass is 16.1. The van der Waals surface area contributed by atoms with Gasteiger partial charge in [-0.05, 0) is 13.3 Å². The topological polar surface area (TPSA) is 70.2 Å². The van der Waals surface area contributed by atoms with Gasteiger partial charge in [-0.2, -0.15) is 0 Å². The zero-order valence-electron chi connectivity index (χ0n) is 12.4. The van der Waals surface area contributed by atoms with E-state index in [-0.39, 0.29) is 12.5 Å². The molecule has 1 aromatic rings. The first-order valence-corrected chi connectivity index (χ1v) is 6.50. The van der Waals surface area contributed by atoms with Crippen molar-refractivity contribution in [3.8, 4) is 0 Å². The molecule has 106 valence electrons. The van der Waals surface area contributed by atoms with Crippen LogP contribution in [-0.2, 0) is 11.2 Å². The fourth-order valence-corrected chi connectivity index (χ4v) is 1.87. The van der Waals surface area contributed by atoms with Crippen molar-refractivity contribution in [1.29, 1.82) is 0 Å². The van der Waals surface area contributed by atoms with E-state index >= 15 is 0 Å². The third kappa shape index (κ3) is 3.81. The van der Waals surface area contributed by atoms with Gasteiger partial charge in [-0.25, -0.2) is 9.97 Å². The molecule has 0 aliphatic carbocycles. The number of aromatic nitrogens is 2. The Balaban J connectivity index is 3.09. The Morgan fingerprint density at radius 1 is 1.32 bits per heavy atom. The number of carbonyl (C=O) groups is 1. The van der Waals surface area contributed by atoms with Crippen LogP contribution in [0.15, 0.2) is 0 Å². The van der Waals surface area contributed by atoms with E-state index in [4.69, 9.17) is 0 Å². The number of nitrogens with zero attached hydrogens (tertiary/aromatic N) is 3. The third-order valence-electron chi connectivity index (χ3n) is 2.90. The van der Waals surface area contributed by atoms with E-state index in [2.05, 4.69) is 27.5 Å². The second-order valence-corrected chi connectivity index (χ2v) is 4.47. The first-order chi connectivity index (χ1) is 9.03. The van der Waals surface area contributed by atoms with Gasteiger partial charge in [-0.3, -0.25) is 4.79 Å². The largest absolute Gasteiger partial charge is 0.373 e. The number of rotatable bonds is 6. The van der Waals surface area contributed by atoms with Gasteiger partial charge in [0.2, 0.25) is 5.91 Å². The van der Waals surface area contributed by atoms with Crippen molar-refractivity contribution < 1.29 is 4.79 Å². The smallest absolute Gasteiger partial charge is 0.239 e. The second-order valence-electron chi connectivity index (χ2n) is 4.47. The van der Waals surface area contributed by atoms with E-state index in [0.29, 0.717) is 0 Å². The summed E-state index contributed by atoms with van der Waals surface area (Å²) in [6.45, 7) is 4.33. The molecule has 0 aliphatic rings. The highest BCUT2D eigenvalue weighted by molar-refractivity contribution is 5.81. The van der Waals surface area contributed by atoms with Crippen LogP contribution in [0.4, 0.5) is 11.6 Å². The molecule has 0 saturated heterocycles. The van der Waals surface area contributed by atoms with Crippen LogP contribution in [0.5, 0.6) is 0 Å². The fourth-order valence-electron chi connectivity index (χ4n) is 1.87. The standard InChI is InChI=1S/C13H23N5O/c1-6-7-10-16-12(15-4)9(2)13(17-10)18(5)8-11(19)14-3/h6-8H2,1-5H3,(H,14,19)(H,15,16,17). The molecule has 0 aliphatic heterocycles. The van der Waals surface area contributed by atoms with Crippen molar-refractivity contribution in [2.75, 3.05) is 37.9 Å². The monoisotopic (exact) mass is 265 g/mol. The first kappa shape index (κ1) is 15.2. The summed E-state index contributed by atoms with van der Waals surface area (Å²) in [5, 5.41) is 5.69. The maximum Gasteiger partial charge on any atom is 0.239 e. The summed E-state index contributed by atoms with van der Waals surface area (Å²) in [5.74, 6) is 2.38. The molecule has 2 N–H and O–H groups in total. The molecule has 6 heteroatoms. The van der Waals surface area contributed by atoms with Gasteiger partial charge in [-0.15, -0.1) is 0 Å². The number of carbonyl (C=O) groups excluding carboxylic acids is 1. The molecule has 0 atom stereocenters. The number of anilines is 2. The maximum absolute atomic E-state index is 11.5. The second kappa shape index (κ2) is 6.92. The molecular formula is C13H23N5O. The molecule has 0 radical (unpaired) electrons. The lowest BCUT2D eigenvalue weighted by molar-refractivity contribution is -0.119. The Morgan fingerprint density at radius 3 is 2.53 bits per heavy atom. The van der Waals surface area contributed by atoms with Gasteiger partial charge < -0.3 is 15.5 Å². The minimum Gasteiger partial charge on any atom is -0.373 e. The van der Waals surface area contributed by atoms with Crippen LogP contribution >= 0.6 is 0 Å². The van der Waals surface area contributed by atoms with Gasteiger partial charge in [0.25, 0.3) is 0 Å². The summed E-state index contributed by atoms with van der Waals surface area (Å²) in [7, 11) is 5.33. The van der Waals surface area contributed by atoms with Crippen molar-refractivity contribution in [1.82, 2.24) is 15.3 Å². The highest BCUT2D eigenvalue weighted by Crippen LogP contribution is 2.22. The molecule has 19 heavy (non-hydrogen) atoms. The average Bonchev–Trinajstić information content (AvgIpc) is 2.40. The van der Waals surface area contributed by atoms with Gasteiger partial charge in [0.15, 0.2) is 0 Å². The molecule has 0 unspecified atom stereocenters. The fraction of sp³-hybridized carbons (Fsp3) is 0.615. The average molecular weight is 265 g/mol. The molecule has 0 bridgehead atoms. The van der Waals surface area contributed by atoms with Crippen LogP contribution in [0.3, 0.4) is 0 Å². The highest BCUT2D eigenvalue weighted by Gasteiger charge is 2.15. The Morgan fingerprint density at radius 2 is 2.00 bits per heavy atom. The maximum atomic E-state index is 11.5. The molecule has 0 fully saturated rings. The zero-order chi connectivity index (χ0) is 14.4. The number of hydrogen-bond donors (Lipinski definition) is 2. The minimum absolute atomic E-state index is 0.0384. The SMILES string of the molecule is CCCc1nc(NC)c(C)c(N(C)CC(=O)NC)n1.